The summed E-state index contributed by atoms with van der Waals surface area (Å²) in [5.41, 5.74) is 2.38. The first-order valence-electron chi connectivity index (χ1n) is 9.97. The van der Waals surface area contributed by atoms with Crippen molar-refractivity contribution in [1.29, 1.82) is 0 Å². The molecule has 6 nitrogen and oxygen atoms in total. The van der Waals surface area contributed by atoms with E-state index in [9.17, 15) is 13.2 Å². The summed E-state index contributed by atoms with van der Waals surface area (Å²) in [7, 11) is -2.22. The van der Waals surface area contributed by atoms with E-state index in [0.29, 0.717) is 6.42 Å². The fraction of sp³-hybridized carbons (Fsp3) is 0.208. The molecule has 0 saturated carbocycles. The Kier molecular flexibility index (Phi) is 6.97. The Hall–Kier alpha value is -3.32. The molecular weight excluding hydrogens is 412 g/mol. The number of methoxy groups -OCH3 is 1. The first-order chi connectivity index (χ1) is 14.8. The zero-order valence-corrected chi connectivity index (χ0v) is 18.6. The smallest absolute Gasteiger partial charge is 0.261 e. The molecule has 0 aliphatic rings. The molecule has 7 heteroatoms. The Morgan fingerprint density at radius 2 is 1.61 bits per heavy atom. The Balaban J connectivity index is 1.82. The van der Waals surface area contributed by atoms with Crippen LogP contribution < -0.4 is 14.8 Å². The Labute approximate surface area is 183 Å². The molecule has 0 spiro atoms. The molecule has 0 bridgehead atoms. The molecule has 31 heavy (non-hydrogen) atoms. The second kappa shape index (κ2) is 9.66. The summed E-state index contributed by atoms with van der Waals surface area (Å²) in [4.78, 5) is 13.2. The summed E-state index contributed by atoms with van der Waals surface area (Å²) in [6, 6.07) is 20.4. The van der Waals surface area contributed by atoms with Crippen LogP contribution in [0, 0.1) is 6.92 Å². The number of benzene rings is 3. The predicted molar refractivity (Wildman–Crippen MR) is 122 cm³/mol. The third-order valence-electron chi connectivity index (χ3n) is 4.98. The average Bonchev–Trinajstić information content (AvgIpc) is 2.78. The van der Waals surface area contributed by atoms with E-state index in [-0.39, 0.29) is 28.1 Å². The van der Waals surface area contributed by atoms with Crippen LogP contribution >= 0.6 is 0 Å². The molecule has 0 radical (unpaired) electrons. The van der Waals surface area contributed by atoms with Gasteiger partial charge in [-0.2, -0.15) is 0 Å². The molecule has 3 aromatic carbocycles. The van der Waals surface area contributed by atoms with Crippen molar-refractivity contribution < 1.29 is 17.9 Å². The van der Waals surface area contributed by atoms with Gasteiger partial charge in [0.05, 0.1) is 29.3 Å². The summed E-state index contributed by atoms with van der Waals surface area (Å²) >= 11 is 0. The summed E-state index contributed by atoms with van der Waals surface area (Å²) in [5, 5.41) is 3.00. The number of aryl methyl sites for hydroxylation is 1. The molecule has 3 rings (SSSR count). The third-order valence-corrected chi connectivity index (χ3v) is 6.36. The average molecular weight is 439 g/mol. The quantitative estimate of drug-likeness (QED) is 0.535. The minimum absolute atomic E-state index is 0.137. The summed E-state index contributed by atoms with van der Waals surface area (Å²) in [6.07, 6.45) is 0.676. The number of hydrogen-bond acceptors (Lipinski definition) is 4. The van der Waals surface area contributed by atoms with Crippen molar-refractivity contribution in [2.45, 2.75) is 31.2 Å². The molecule has 162 valence electrons. The van der Waals surface area contributed by atoms with E-state index in [4.69, 9.17) is 4.74 Å². The molecule has 2 N–H and O–H groups in total. The van der Waals surface area contributed by atoms with E-state index < -0.39 is 10.0 Å². The van der Waals surface area contributed by atoms with Crippen LogP contribution in [0.5, 0.6) is 5.75 Å². The van der Waals surface area contributed by atoms with E-state index >= 15 is 0 Å². The van der Waals surface area contributed by atoms with Crippen molar-refractivity contribution in [3.63, 3.8) is 0 Å². The number of hydrogen-bond donors (Lipinski definition) is 2. The maximum absolute atomic E-state index is 13.0. The van der Waals surface area contributed by atoms with E-state index in [0.717, 1.165) is 16.9 Å². The van der Waals surface area contributed by atoms with Gasteiger partial charge >= 0.3 is 0 Å². The van der Waals surface area contributed by atoms with Gasteiger partial charge in [0.25, 0.3) is 15.9 Å². The number of amides is 1. The van der Waals surface area contributed by atoms with Crippen LogP contribution in [-0.4, -0.2) is 21.4 Å². The van der Waals surface area contributed by atoms with Crippen LogP contribution in [0.1, 0.15) is 40.9 Å². The fourth-order valence-electron chi connectivity index (χ4n) is 3.18. The molecule has 0 heterocycles. The van der Waals surface area contributed by atoms with Crippen LogP contribution in [0.4, 0.5) is 5.69 Å². The van der Waals surface area contributed by atoms with Gasteiger partial charge in [-0.15, -0.1) is 0 Å². The van der Waals surface area contributed by atoms with Crippen molar-refractivity contribution in [2.75, 3.05) is 11.8 Å². The lowest BCUT2D eigenvalue weighted by atomic mass is 10.0. The molecule has 0 saturated heterocycles. The van der Waals surface area contributed by atoms with Gasteiger partial charge in [-0.1, -0.05) is 48.9 Å². The van der Waals surface area contributed by atoms with Crippen molar-refractivity contribution >= 4 is 21.6 Å². The number of anilines is 1. The van der Waals surface area contributed by atoms with Gasteiger partial charge in [0.15, 0.2) is 0 Å². The first-order valence-corrected chi connectivity index (χ1v) is 11.5. The second-order valence-corrected chi connectivity index (χ2v) is 8.85. The van der Waals surface area contributed by atoms with Gasteiger partial charge in [-0.05, 0) is 55.3 Å². The zero-order valence-electron chi connectivity index (χ0n) is 17.8. The highest BCUT2D eigenvalue weighted by atomic mass is 32.2. The minimum Gasteiger partial charge on any atom is -0.497 e. The SMILES string of the molecule is CCC(NC(=O)c1ccccc1NS(=O)(=O)c1ccc(C)cc1)c1ccc(OC)cc1. The predicted octanol–water partition coefficient (Wildman–Crippen LogP) is 4.69. The lowest BCUT2D eigenvalue weighted by molar-refractivity contribution is 0.0936. The Morgan fingerprint density at radius 3 is 2.23 bits per heavy atom. The van der Waals surface area contributed by atoms with E-state index in [1.807, 2.05) is 38.1 Å². The highest BCUT2D eigenvalue weighted by Crippen LogP contribution is 2.24. The monoisotopic (exact) mass is 438 g/mol. The third kappa shape index (κ3) is 5.44. The lowest BCUT2D eigenvalue weighted by Crippen LogP contribution is -2.29. The van der Waals surface area contributed by atoms with Gasteiger partial charge in [-0.3, -0.25) is 9.52 Å². The van der Waals surface area contributed by atoms with Crippen molar-refractivity contribution in [3.05, 3.63) is 89.5 Å². The lowest BCUT2D eigenvalue weighted by Gasteiger charge is -2.19. The van der Waals surface area contributed by atoms with Crippen LogP contribution in [0.15, 0.2) is 77.7 Å². The van der Waals surface area contributed by atoms with Crippen LogP contribution in [0.2, 0.25) is 0 Å². The van der Waals surface area contributed by atoms with E-state index in [2.05, 4.69) is 10.0 Å². The number of para-hydroxylation sites is 1. The van der Waals surface area contributed by atoms with Crippen LogP contribution in [-0.2, 0) is 10.0 Å². The number of carbonyl (C=O) groups excluding carboxylic acids is 1. The van der Waals surface area contributed by atoms with Crippen molar-refractivity contribution in [1.82, 2.24) is 5.32 Å². The van der Waals surface area contributed by atoms with E-state index in [1.165, 1.54) is 12.1 Å². The summed E-state index contributed by atoms with van der Waals surface area (Å²) in [5.74, 6) is 0.380. The maximum atomic E-state index is 13.0. The summed E-state index contributed by atoms with van der Waals surface area (Å²) in [6.45, 7) is 3.86. The maximum Gasteiger partial charge on any atom is 0.261 e. The van der Waals surface area contributed by atoms with Crippen LogP contribution in [0.25, 0.3) is 0 Å². The van der Waals surface area contributed by atoms with Gasteiger partial charge in [0.1, 0.15) is 5.75 Å². The molecule has 0 aliphatic heterocycles. The Morgan fingerprint density at radius 1 is 0.968 bits per heavy atom. The number of rotatable bonds is 8. The van der Waals surface area contributed by atoms with Gasteiger partial charge in [0, 0.05) is 0 Å². The van der Waals surface area contributed by atoms with Gasteiger partial charge in [0.2, 0.25) is 0 Å². The highest BCUT2D eigenvalue weighted by Gasteiger charge is 2.20. The highest BCUT2D eigenvalue weighted by molar-refractivity contribution is 7.92. The molecule has 0 fully saturated rings. The fourth-order valence-corrected chi connectivity index (χ4v) is 4.26. The van der Waals surface area contributed by atoms with Gasteiger partial charge in [-0.25, -0.2) is 8.42 Å². The number of nitrogens with one attached hydrogen (secondary N) is 2. The molecule has 0 aromatic heterocycles. The standard InChI is InChI=1S/C24H26N2O4S/c1-4-22(18-11-13-19(30-3)14-12-18)25-24(27)21-7-5-6-8-23(21)26-31(28,29)20-15-9-17(2)10-16-20/h5-16,22,26H,4H2,1-3H3,(H,25,27). The first kappa shape index (κ1) is 22.4. The zero-order chi connectivity index (χ0) is 22.4. The topological polar surface area (TPSA) is 84.5 Å². The molecule has 1 unspecified atom stereocenters. The molecule has 1 amide bonds. The van der Waals surface area contributed by atoms with Gasteiger partial charge < -0.3 is 10.1 Å². The number of sulfonamides is 1. The summed E-state index contributed by atoms with van der Waals surface area (Å²) < 4.78 is 33.3. The largest absolute Gasteiger partial charge is 0.497 e. The Bertz CT molecular complexity index is 1140. The molecule has 1 atom stereocenters. The number of ether oxygens (including phenoxy) is 1. The second-order valence-electron chi connectivity index (χ2n) is 7.17. The normalized spacial score (nSPS) is 12.1. The number of carbonyl (C=O) groups is 1. The molecule has 3 aromatic rings. The molecule has 0 aliphatic carbocycles. The minimum atomic E-state index is -3.82. The van der Waals surface area contributed by atoms with Crippen LogP contribution in [0.3, 0.4) is 0 Å². The molecular formula is C24H26N2O4S. The van der Waals surface area contributed by atoms with E-state index in [1.54, 1.807) is 43.5 Å². The van der Waals surface area contributed by atoms with Crippen molar-refractivity contribution in [3.8, 4) is 5.75 Å². The van der Waals surface area contributed by atoms with Crippen molar-refractivity contribution in [2.24, 2.45) is 0 Å².